The van der Waals surface area contributed by atoms with Crippen molar-refractivity contribution in [3.8, 4) is 0 Å². The minimum absolute atomic E-state index is 0.0515. The zero-order valence-corrected chi connectivity index (χ0v) is 13.5. The quantitative estimate of drug-likeness (QED) is 0.919. The topological polar surface area (TPSA) is 62.6 Å². The van der Waals surface area contributed by atoms with E-state index in [0.29, 0.717) is 12.8 Å². The number of amides is 2. The summed E-state index contributed by atoms with van der Waals surface area (Å²) in [7, 11) is 0. The van der Waals surface area contributed by atoms with Crippen LogP contribution in [0.15, 0.2) is 41.0 Å². The molecule has 2 amide bonds. The Morgan fingerprint density at radius 2 is 2.12 bits per heavy atom. The van der Waals surface area contributed by atoms with Crippen molar-refractivity contribution in [3.63, 3.8) is 0 Å². The number of benzene rings is 1. The van der Waals surface area contributed by atoms with Crippen molar-refractivity contribution in [2.75, 3.05) is 16.8 Å². The molecule has 24 heavy (non-hydrogen) atoms. The van der Waals surface area contributed by atoms with Crippen molar-refractivity contribution in [2.24, 2.45) is 5.92 Å². The van der Waals surface area contributed by atoms with Crippen molar-refractivity contribution in [2.45, 2.75) is 32.1 Å². The van der Waals surface area contributed by atoms with E-state index in [2.05, 4.69) is 5.32 Å². The zero-order valence-electron chi connectivity index (χ0n) is 13.5. The standard InChI is InChI=1S/C19H20N2O3/c22-18(8-7-16-2-1-11-24-16)20-15-6-5-13-9-10-21(17(13)12-15)19(23)14-3-4-14/h1-2,5-6,11-12,14H,3-4,7-10H2,(H,20,22). The first kappa shape index (κ1) is 15.0. The van der Waals surface area contributed by atoms with Crippen molar-refractivity contribution in [1.29, 1.82) is 0 Å². The largest absolute Gasteiger partial charge is 0.469 e. The molecule has 0 bridgehead atoms. The Labute approximate surface area is 140 Å². The van der Waals surface area contributed by atoms with E-state index < -0.39 is 0 Å². The predicted molar refractivity (Wildman–Crippen MR) is 90.9 cm³/mol. The average molecular weight is 324 g/mol. The van der Waals surface area contributed by atoms with Gasteiger partial charge in [-0.1, -0.05) is 6.07 Å². The van der Waals surface area contributed by atoms with Crippen LogP contribution in [0.1, 0.15) is 30.6 Å². The van der Waals surface area contributed by atoms with Gasteiger partial charge in [0.2, 0.25) is 11.8 Å². The predicted octanol–water partition coefficient (Wildman–Crippen LogP) is 3.15. The van der Waals surface area contributed by atoms with Gasteiger partial charge in [0.1, 0.15) is 5.76 Å². The normalized spacial score (nSPS) is 16.1. The van der Waals surface area contributed by atoms with Gasteiger partial charge in [0, 0.05) is 36.7 Å². The van der Waals surface area contributed by atoms with Gasteiger partial charge in [0.25, 0.3) is 0 Å². The molecule has 1 aromatic carbocycles. The van der Waals surface area contributed by atoms with Crippen molar-refractivity contribution in [1.82, 2.24) is 0 Å². The molecule has 0 atom stereocenters. The summed E-state index contributed by atoms with van der Waals surface area (Å²) < 4.78 is 5.24. The van der Waals surface area contributed by atoms with E-state index in [0.717, 1.165) is 42.9 Å². The molecule has 2 heterocycles. The number of furan rings is 1. The number of aryl methyl sites for hydroxylation is 1. The number of carbonyl (C=O) groups excluding carboxylic acids is 2. The molecular weight excluding hydrogens is 304 g/mol. The molecule has 0 radical (unpaired) electrons. The summed E-state index contributed by atoms with van der Waals surface area (Å²) in [4.78, 5) is 26.4. The molecular formula is C19H20N2O3. The maximum atomic E-state index is 12.4. The summed E-state index contributed by atoms with van der Waals surface area (Å²) in [6, 6.07) is 9.53. The van der Waals surface area contributed by atoms with E-state index in [4.69, 9.17) is 4.42 Å². The monoisotopic (exact) mass is 324 g/mol. The maximum absolute atomic E-state index is 12.4. The Kier molecular flexibility index (Phi) is 3.84. The van der Waals surface area contributed by atoms with Crippen LogP contribution >= 0.6 is 0 Å². The lowest BCUT2D eigenvalue weighted by molar-refractivity contribution is -0.119. The number of fused-ring (bicyclic) bond motifs is 1. The molecule has 1 saturated carbocycles. The van der Waals surface area contributed by atoms with Crippen molar-refractivity contribution < 1.29 is 14.0 Å². The summed E-state index contributed by atoms with van der Waals surface area (Å²) in [6.07, 6.45) is 5.47. The second-order valence-corrected chi connectivity index (χ2v) is 6.49. The Balaban J connectivity index is 1.42. The molecule has 124 valence electrons. The number of nitrogens with one attached hydrogen (secondary N) is 1. The highest BCUT2D eigenvalue weighted by Crippen LogP contribution is 2.37. The lowest BCUT2D eigenvalue weighted by atomic mass is 10.1. The lowest BCUT2D eigenvalue weighted by Gasteiger charge is -2.18. The minimum Gasteiger partial charge on any atom is -0.469 e. The number of anilines is 2. The van der Waals surface area contributed by atoms with Crippen LogP contribution in [0.4, 0.5) is 11.4 Å². The Morgan fingerprint density at radius 3 is 2.88 bits per heavy atom. The molecule has 1 aliphatic carbocycles. The smallest absolute Gasteiger partial charge is 0.230 e. The van der Waals surface area contributed by atoms with Gasteiger partial charge in [-0.2, -0.15) is 0 Å². The summed E-state index contributed by atoms with van der Waals surface area (Å²) >= 11 is 0. The minimum atomic E-state index is -0.0515. The van der Waals surface area contributed by atoms with Gasteiger partial charge < -0.3 is 14.6 Å². The third kappa shape index (κ3) is 3.07. The van der Waals surface area contributed by atoms with Gasteiger partial charge in [-0.15, -0.1) is 0 Å². The Hall–Kier alpha value is -2.56. The molecule has 2 aromatic rings. The van der Waals surface area contributed by atoms with Gasteiger partial charge in [0.05, 0.1) is 6.26 Å². The maximum Gasteiger partial charge on any atom is 0.230 e. The van der Waals surface area contributed by atoms with Gasteiger partial charge in [-0.25, -0.2) is 0 Å². The van der Waals surface area contributed by atoms with Crippen LogP contribution in [0.5, 0.6) is 0 Å². The van der Waals surface area contributed by atoms with Crippen LogP contribution in [0.2, 0.25) is 0 Å². The highest BCUT2D eigenvalue weighted by molar-refractivity contribution is 5.99. The fourth-order valence-corrected chi connectivity index (χ4v) is 3.15. The molecule has 1 fully saturated rings. The number of hydrogen-bond donors (Lipinski definition) is 1. The van der Waals surface area contributed by atoms with Crippen LogP contribution in [0.25, 0.3) is 0 Å². The van der Waals surface area contributed by atoms with Crippen LogP contribution in [0.3, 0.4) is 0 Å². The first-order valence-electron chi connectivity index (χ1n) is 8.47. The number of rotatable bonds is 5. The van der Waals surface area contributed by atoms with Crippen molar-refractivity contribution >= 4 is 23.2 Å². The summed E-state index contributed by atoms with van der Waals surface area (Å²) in [5, 5.41) is 2.92. The molecule has 1 N–H and O–H groups in total. The van der Waals surface area contributed by atoms with Gasteiger partial charge in [-0.3, -0.25) is 9.59 Å². The first-order chi connectivity index (χ1) is 11.7. The number of hydrogen-bond acceptors (Lipinski definition) is 3. The molecule has 5 heteroatoms. The fraction of sp³-hybridized carbons (Fsp3) is 0.368. The summed E-state index contributed by atoms with van der Waals surface area (Å²) in [5.41, 5.74) is 2.88. The average Bonchev–Trinajstić information content (AvgIpc) is 3.14. The Morgan fingerprint density at radius 1 is 1.25 bits per heavy atom. The van der Waals surface area contributed by atoms with E-state index in [1.165, 1.54) is 5.56 Å². The third-order valence-corrected chi connectivity index (χ3v) is 4.64. The van der Waals surface area contributed by atoms with Crippen LogP contribution < -0.4 is 10.2 Å². The molecule has 0 spiro atoms. The molecule has 5 nitrogen and oxygen atoms in total. The zero-order chi connectivity index (χ0) is 16.5. The van der Waals surface area contributed by atoms with Crippen LogP contribution in [-0.2, 0) is 22.4 Å². The summed E-state index contributed by atoms with van der Waals surface area (Å²) in [6.45, 7) is 0.751. The van der Waals surface area contributed by atoms with E-state index >= 15 is 0 Å². The molecule has 0 unspecified atom stereocenters. The molecule has 4 rings (SSSR count). The van der Waals surface area contributed by atoms with E-state index in [9.17, 15) is 9.59 Å². The SMILES string of the molecule is O=C(CCc1ccco1)Nc1ccc2c(c1)N(C(=O)C1CC1)CC2. The van der Waals surface area contributed by atoms with Crippen LogP contribution in [0, 0.1) is 5.92 Å². The van der Waals surface area contributed by atoms with Crippen LogP contribution in [-0.4, -0.2) is 18.4 Å². The fourth-order valence-electron chi connectivity index (χ4n) is 3.15. The number of carbonyl (C=O) groups is 2. The highest BCUT2D eigenvalue weighted by Gasteiger charge is 2.36. The Bertz CT molecular complexity index is 763. The first-order valence-corrected chi connectivity index (χ1v) is 8.47. The molecule has 0 saturated heterocycles. The second kappa shape index (κ2) is 6.15. The van der Waals surface area contributed by atoms with Gasteiger partial charge in [-0.05, 0) is 49.1 Å². The van der Waals surface area contributed by atoms with Gasteiger partial charge in [0.15, 0.2) is 0 Å². The third-order valence-electron chi connectivity index (χ3n) is 4.64. The molecule has 1 aliphatic heterocycles. The highest BCUT2D eigenvalue weighted by atomic mass is 16.3. The number of nitrogens with zero attached hydrogens (tertiary/aromatic N) is 1. The van der Waals surface area contributed by atoms with E-state index in [1.807, 2.05) is 35.2 Å². The van der Waals surface area contributed by atoms with E-state index in [1.54, 1.807) is 6.26 Å². The molecule has 1 aromatic heterocycles. The van der Waals surface area contributed by atoms with Gasteiger partial charge >= 0.3 is 0 Å². The summed E-state index contributed by atoms with van der Waals surface area (Å²) in [5.74, 6) is 1.20. The second-order valence-electron chi connectivity index (χ2n) is 6.49. The lowest BCUT2D eigenvalue weighted by Crippen LogP contribution is -2.30. The van der Waals surface area contributed by atoms with E-state index in [-0.39, 0.29) is 17.7 Å². The molecule has 2 aliphatic rings. The van der Waals surface area contributed by atoms with Crippen molar-refractivity contribution in [3.05, 3.63) is 47.9 Å².